The zero-order chi connectivity index (χ0) is 10.7. The lowest BCUT2D eigenvalue weighted by atomic mass is 10.1. The first-order valence-electron chi connectivity index (χ1n) is 4.24. The third-order valence-electron chi connectivity index (χ3n) is 1.98. The van der Waals surface area contributed by atoms with Crippen molar-refractivity contribution in [3.63, 3.8) is 0 Å². The molecule has 0 unspecified atom stereocenters. The quantitative estimate of drug-likeness (QED) is 0.627. The third-order valence-corrected chi connectivity index (χ3v) is 2.43. The Labute approximate surface area is 88.5 Å². The molecule has 0 aliphatic carbocycles. The van der Waals surface area contributed by atoms with Crippen LogP contribution in [-0.2, 0) is 15.1 Å². The van der Waals surface area contributed by atoms with Crippen molar-refractivity contribution in [1.82, 2.24) is 0 Å². The van der Waals surface area contributed by atoms with Gasteiger partial charge in [0.1, 0.15) is 5.75 Å². The molecule has 0 aliphatic rings. The van der Waals surface area contributed by atoms with Crippen LogP contribution in [0.25, 0.3) is 10.8 Å². The van der Waals surface area contributed by atoms with Crippen LogP contribution < -0.4 is 4.18 Å². The summed E-state index contributed by atoms with van der Waals surface area (Å²) in [5.74, 6) is 0.434. The Kier molecular flexibility index (Phi) is 2.84. The maximum Gasteiger partial charge on any atom is 0.108 e. The molecule has 2 rings (SSSR count). The van der Waals surface area contributed by atoms with Crippen LogP contribution in [0.5, 0.6) is 5.75 Å². The van der Waals surface area contributed by atoms with Gasteiger partial charge in [-0.3, -0.25) is 5.21 Å². The molecule has 1 N–H and O–H groups in total. The summed E-state index contributed by atoms with van der Waals surface area (Å²) in [5.41, 5.74) is 0. The van der Waals surface area contributed by atoms with E-state index in [1.165, 1.54) is 0 Å². The predicted octanol–water partition coefficient (Wildman–Crippen LogP) is 2.67. The van der Waals surface area contributed by atoms with E-state index in [1.807, 2.05) is 30.3 Å². The van der Waals surface area contributed by atoms with Gasteiger partial charge in [0.2, 0.25) is 0 Å². The largest absolute Gasteiger partial charge is 0.544 e. The van der Waals surface area contributed by atoms with Crippen molar-refractivity contribution in [1.29, 1.82) is 0 Å². The number of hydrogen-bond acceptors (Lipinski definition) is 4. The minimum absolute atomic E-state index is 0.434. The summed E-state index contributed by atoms with van der Waals surface area (Å²) in [4.78, 5) is 0. The molecule has 2 aromatic rings. The van der Waals surface area contributed by atoms with Gasteiger partial charge >= 0.3 is 0 Å². The smallest absolute Gasteiger partial charge is 0.108 e. The molecular formula is C10H8NO3S-. The van der Waals surface area contributed by atoms with Crippen molar-refractivity contribution < 1.29 is 13.6 Å². The summed E-state index contributed by atoms with van der Waals surface area (Å²) in [5, 5.41) is 10.1. The minimum Gasteiger partial charge on any atom is -0.544 e. The van der Waals surface area contributed by atoms with Gasteiger partial charge in [-0.1, -0.05) is 36.4 Å². The van der Waals surface area contributed by atoms with Crippen molar-refractivity contribution >= 4 is 21.6 Å². The Morgan fingerprint density at radius 2 is 1.87 bits per heavy atom. The van der Waals surface area contributed by atoms with E-state index < -0.39 is 10.9 Å². The first-order chi connectivity index (χ1) is 7.31. The molecule has 0 amide bonds. The van der Waals surface area contributed by atoms with E-state index in [0.717, 1.165) is 10.8 Å². The standard InChI is InChI=1S/C10H8NO3S/c12-11-15(13)14-10-7-3-5-8-4-1-2-6-9(8)10/h1-7,12H/q-1. The number of rotatable bonds is 2. The monoisotopic (exact) mass is 222 g/mol. The maximum absolute atomic E-state index is 10.9. The Bertz CT molecular complexity index is 556. The molecule has 15 heavy (non-hydrogen) atoms. The average molecular weight is 222 g/mol. The Morgan fingerprint density at radius 3 is 2.67 bits per heavy atom. The second kappa shape index (κ2) is 4.29. The highest BCUT2D eigenvalue weighted by Gasteiger charge is 1.97. The van der Waals surface area contributed by atoms with Gasteiger partial charge in [-0.05, 0) is 11.5 Å². The van der Waals surface area contributed by atoms with Crippen LogP contribution in [0.1, 0.15) is 0 Å². The van der Waals surface area contributed by atoms with Gasteiger partial charge in [-0.2, -0.15) is 0 Å². The lowest BCUT2D eigenvalue weighted by Gasteiger charge is -2.10. The van der Waals surface area contributed by atoms with Gasteiger partial charge in [0.25, 0.3) is 0 Å². The van der Waals surface area contributed by atoms with Gasteiger partial charge in [0, 0.05) is 16.3 Å². The van der Waals surface area contributed by atoms with E-state index in [-0.39, 0.29) is 0 Å². The molecule has 0 bridgehead atoms. The number of nitrogens with zero attached hydrogens (tertiary/aromatic N) is 1. The van der Waals surface area contributed by atoms with E-state index in [2.05, 4.69) is 4.53 Å². The summed E-state index contributed by atoms with van der Waals surface area (Å²) >= 11 is 0. The van der Waals surface area contributed by atoms with Crippen LogP contribution in [0, 0.1) is 0 Å². The van der Waals surface area contributed by atoms with Crippen LogP contribution in [0.15, 0.2) is 47.0 Å². The van der Waals surface area contributed by atoms with Crippen LogP contribution >= 0.6 is 0 Å². The highest BCUT2D eigenvalue weighted by atomic mass is 32.2. The fourth-order valence-electron chi connectivity index (χ4n) is 1.36. The summed E-state index contributed by atoms with van der Waals surface area (Å²) < 4.78 is 18.4. The van der Waals surface area contributed by atoms with Crippen molar-refractivity contribution in [2.45, 2.75) is 0 Å². The van der Waals surface area contributed by atoms with Crippen LogP contribution in [0.4, 0.5) is 0 Å². The molecule has 0 saturated carbocycles. The zero-order valence-electron chi connectivity index (χ0n) is 7.66. The lowest BCUT2D eigenvalue weighted by Crippen LogP contribution is -1.90. The maximum atomic E-state index is 10.9. The third kappa shape index (κ3) is 2.08. The topological polar surface area (TPSA) is 58.9 Å². The highest BCUT2D eigenvalue weighted by molar-refractivity contribution is 7.70. The summed E-state index contributed by atoms with van der Waals surface area (Å²) in [6, 6.07) is 12.9. The molecule has 0 aliphatic heterocycles. The SMILES string of the molecule is O=[S-](=NO)Oc1cccc2ccccc12. The van der Waals surface area contributed by atoms with Gasteiger partial charge in [0.15, 0.2) is 0 Å². The molecule has 5 heteroatoms. The Balaban J connectivity index is 2.56. The molecular weight excluding hydrogens is 214 g/mol. The fraction of sp³-hybridized carbons (Fsp3) is 0. The van der Waals surface area contributed by atoms with E-state index in [9.17, 15) is 4.21 Å². The molecule has 4 nitrogen and oxygen atoms in total. The van der Waals surface area contributed by atoms with E-state index in [4.69, 9.17) is 9.39 Å². The van der Waals surface area contributed by atoms with Crippen molar-refractivity contribution in [2.75, 3.05) is 0 Å². The van der Waals surface area contributed by atoms with Crippen molar-refractivity contribution in [3.8, 4) is 5.75 Å². The van der Waals surface area contributed by atoms with Crippen LogP contribution in [-0.4, -0.2) is 5.21 Å². The molecule has 0 atom stereocenters. The lowest BCUT2D eigenvalue weighted by molar-refractivity contribution is 0.319. The Hall–Kier alpha value is -1.59. The highest BCUT2D eigenvalue weighted by Crippen LogP contribution is 2.25. The molecule has 0 radical (unpaired) electrons. The van der Waals surface area contributed by atoms with Crippen LogP contribution in [0.2, 0.25) is 0 Å². The molecule has 2 aromatic carbocycles. The minimum atomic E-state index is -2.05. The fourth-order valence-corrected chi connectivity index (χ4v) is 1.69. The molecule has 0 saturated heterocycles. The van der Waals surface area contributed by atoms with E-state index >= 15 is 0 Å². The first kappa shape index (κ1) is 9.95. The van der Waals surface area contributed by atoms with Gasteiger partial charge in [0.05, 0.1) is 0 Å². The Morgan fingerprint density at radius 1 is 1.13 bits per heavy atom. The summed E-state index contributed by atoms with van der Waals surface area (Å²) in [6.07, 6.45) is 0. The predicted molar refractivity (Wildman–Crippen MR) is 56.8 cm³/mol. The zero-order valence-corrected chi connectivity index (χ0v) is 8.48. The van der Waals surface area contributed by atoms with E-state index in [0.29, 0.717) is 5.75 Å². The molecule has 0 spiro atoms. The molecule has 0 heterocycles. The van der Waals surface area contributed by atoms with Crippen molar-refractivity contribution in [2.24, 2.45) is 4.53 Å². The molecule has 0 aromatic heterocycles. The van der Waals surface area contributed by atoms with Crippen LogP contribution in [0.3, 0.4) is 0 Å². The normalized spacial score (nSPS) is 12.9. The number of fused-ring (bicyclic) bond motifs is 1. The van der Waals surface area contributed by atoms with Crippen molar-refractivity contribution in [3.05, 3.63) is 42.5 Å². The molecule has 0 fully saturated rings. The van der Waals surface area contributed by atoms with Gasteiger partial charge in [-0.15, -0.1) is 0 Å². The second-order valence-corrected chi connectivity index (χ2v) is 3.62. The molecule has 78 valence electrons. The van der Waals surface area contributed by atoms with Gasteiger partial charge < -0.3 is 8.39 Å². The summed E-state index contributed by atoms with van der Waals surface area (Å²) in [7, 11) is -2.05. The first-order valence-corrected chi connectivity index (χ1v) is 5.27. The van der Waals surface area contributed by atoms with E-state index in [1.54, 1.807) is 12.1 Å². The number of benzene rings is 2. The summed E-state index contributed by atoms with van der Waals surface area (Å²) in [6.45, 7) is 0. The number of hydrogen-bond donors (Lipinski definition) is 1. The van der Waals surface area contributed by atoms with Gasteiger partial charge in [-0.25, -0.2) is 4.53 Å². The second-order valence-electron chi connectivity index (χ2n) is 2.86. The average Bonchev–Trinajstić information content (AvgIpc) is 2.29.